The fourth-order valence-electron chi connectivity index (χ4n) is 1.17. The molecule has 16 heavy (non-hydrogen) atoms. The first kappa shape index (κ1) is 14.1. The van der Waals surface area contributed by atoms with Gasteiger partial charge in [0.25, 0.3) is 0 Å². The minimum atomic E-state index is -0.136. The molecule has 0 aliphatic carbocycles. The Morgan fingerprint density at radius 3 is 2.44 bits per heavy atom. The van der Waals surface area contributed by atoms with Gasteiger partial charge in [-0.1, -0.05) is 41.9 Å². The SMILES string of the molecule is CCSC(=S)OC(C)c1cc(Cl)cc(Cl)c1. The maximum Gasteiger partial charge on any atom is 0.220 e. The lowest BCUT2D eigenvalue weighted by atomic mass is 10.1. The van der Waals surface area contributed by atoms with Crippen molar-refractivity contribution in [1.29, 1.82) is 0 Å². The van der Waals surface area contributed by atoms with Crippen molar-refractivity contribution in [3.8, 4) is 0 Å². The van der Waals surface area contributed by atoms with Crippen molar-refractivity contribution in [2.45, 2.75) is 20.0 Å². The zero-order valence-electron chi connectivity index (χ0n) is 9.00. The van der Waals surface area contributed by atoms with Gasteiger partial charge in [0, 0.05) is 10.0 Å². The van der Waals surface area contributed by atoms with Crippen molar-refractivity contribution in [2.75, 3.05) is 5.75 Å². The topological polar surface area (TPSA) is 9.23 Å². The molecular formula is C11H12Cl2OS2. The first-order valence-corrected chi connectivity index (χ1v) is 6.97. The smallest absolute Gasteiger partial charge is 0.220 e. The standard InChI is InChI=1S/C11H12Cl2OS2/c1-3-16-11(15)14-7(2)8-4-9(12)6-10(13)5-8/h4-7H,3H2,1-2H3. The molecule has 1 rings (SSSR count). The molecule has 0 bridgehead atoms. The van der Waals surface area contributed by atoms with Crippen LogP contribution >= 0.6 is 47.2 Å². The summed E-state index contributed by atoms with van der Waals surface area (Å²) in [6.45, 7) is 3.95. The molecule has 0 amide bonds. The van der Waals surface area contributed by atoms with Crippen LogP contribution in [0.25, 0.3) is 0 Å². The molecule has 0 aromatic heterocycles. The molecule has 1 aromatic carbocycles. The van der Waals surface area contributed by atoms with Gasteiger partial charge in [-0.3, -0.25) is 0 Å². The summed E-state index contributed by atoms with van der Waals surface area (Å²) in [7, 11) is 0. The molecule has 1 atom stereocenters. The Labute approximate surface area is 115 Å². The normalized spacial score (nSPS) is 12.2. The number of ether oxygens (including phenoxy) is 1. The summed E-state index contributed by atoms with van der Waals surface area (Å²) >= 11 is 18.4. The van der Waals surface area contributed by atoms with Crippen LogP contribution in [-0.2, 0) is 4.74 Å². The summed E-state index contributed by atoms with van der Waals surface area (Å²) in [5.41, 5.74) is 0.927. The number of thioether (sulfide) groups is 1. The first-order valence-electron chi connectivity index (χ1n) is 4.82. The molecule has 0 radical (unpaired) electrons. The lowest BCUT2D eigenvalue weighted by Crippen LogP contribution is -2.04. The third-order valence-corrected chi connectivity index (χ3v) is 3.40. The lowest BCUT2D eigenvalue weighted by Gasteiger charge is -2.15. The van der Waals surface area contributed by atoms with E-state index in [1.54, 1.807) is 6.07 Å². The van der Waals surface area contributed by atoms with Gasteiger partial charge < -0.3 is 4.74 Å². The van der Waals surface area contributed by atoms with Crippen molar-refractivity contribution < 1.29 is 4.74 Å². The quantitative estimate of drug-likeness (QED) is 0.717. The molecule has 1 aromatic rings. The van der Waals surface area contributed by atoms with E-state index in [2.05, 4.69) is 0 Å². The molecule has 5 heteroatoms. The van der Waals surface area contributed by atoms with Gasteiger partial charge in [0.15, 0.2) is 0 Å². The largest absolute Gasteiger partial charge is 0.471 e. The van der Waals surface area contributed by atoms with Crippen LogP contribution in [0, 0.1) is 0 Å². The highest BCUT2D eigenvalue weighted by molar-refractivity contribution is 8.22. The van der Waals surface area contributed by atoms with E-state index >= 15 is 0 Å². The van der Waals surface area contributed by atoms with Crippen LogP contribution in [0.1, 0.15) is 25.5 Å². The van der Waals surface area contributed by atoms with E-state index in [0.717, 1.165) is 11.3 Å². The Morgan fingerprint density at radius 2 is 1.94 bits per heavy atom. The van der Waals surface area contributed by atoms with Crippen molar-refractivity contribution in [1.82, 2.24) is 0 Å². The molecule has 88 valence electrons. The molecule has 1 nitrogen and oxygen atoms in total. The summed E-state index contributed by atoms with van der Waals surface area (Å²) in [6.07, 6.45) is -0.136. The van der Waals surface area contributed by atoms with E-state index in [0.29, 0.717) is 14.4 Å². The highest BCUT2D eigenvalue weighted by atomic mass is 35.5. The predicted octanol–water partition coefficient (Wildman–Crippen LogP) is 5.11. The Hall–Kier alpha value is 0.0400. The number of halogens is 2. The average Bonchev–Trinajstić information content (AvgIpc) is 2.16. The van der Waals surface area contributed by atoms with Crippen LogP contribution in [0.4, 0.5) is 0 Å². The maximum atomic E-state index is 5.91. The predicted molar refractivity (Wildman–Crippen MR) is 76.7 cm³/mol. The summed E-state index contributed by atoms with van der Waals surface area (Å²) in [4.78, 5) is 0. The van der Waals surface area contributed by atoms with Gasteiger partial charge in [-0.15, -0.1) is 0 Å². The van der Waals surface area contributed by atoms with Crippen molar-refractivity contribution >= 4 is 51.6 Å². The molecule has 0 aliphatic heterocycles. The number of hydrogen-bond donors (Lipinski definition) is 0. The van der Waals surface area contributed by atoms with E-state index in [-0.39, 0.29) is 6.10 Å². The highest BCUT2D eigenvalue weighted by Gasteiger charge is 2.10. The average molecular weight is 295 g/mol. The summed E-state index contributed by atoms with van der Waals surface area (Å²) < 4.78 is 6.11. The van der Waals surface area contributed by atoms with Crippen LogP contribution in [0.2, 0.25) is 10.0 Å². The van der Waals surface area contributed by atoms with Gasteiger partial charge in [-0.25, -0.2) is 0 Å². The Balaban J connectivity index is 2.72. The lowest BCUT2D eigenvalue weighted by molar-refractivity contribution is 0.227. The Kier molecular flexibility index (Phi) is 5.90. The summed E-state index contributed by atoms with van der Waals surface area (Å²) in [5.74, 6) is 0.905. The second-order valence-corrected chi connectivity index (χ2v) is 5.88. The third-order valence-electron chi connectivity index (χ3n) is 1.89. The van der Waals surface area contributed by atoms with Crippen molar-refractivity contribution in [3.63, 3.8) is 0 Å². The van der Waals surface area contributed by atoms with Gasteiger partial charge >= 0.3 is 0 Å². The van der Waals surface area contributed by atoms with Gasteiger partial charge in [0.2, 0.25) is 4.38 Å². The highest BCUT2D eigenvalue weighted by Crippen LogP contribution is 2.26. The first-order chi connectivity index (χ1) is 7.52. The molecule has 0 heterocycles. The van der Waals surface area contributed by atoms with Crippen LogP contribution in [0.3, 0.4) is 0 Å². The Morgan fingerprint density at radius 1 is 1.38 bits per heavy atom. The van der Waals surface area contributed by atoms with Crippen LogP contribution in [0.15, 0.2) is 18.2 Å². The molecule has 1 unspecified atom stereocenters. The van der Waals surface area contributed by atoms with E-state index in [1.807, 2.05) is 26.0 Å². The molecule has 0 aliphatic rings. The fourth-order valence-corrected chi connectivity index (χ4v) is 2.66. The van der Waals surface area contributed by atoms with E-state index in [9.17, 15) is 0 Å². The van der Waals surface area contributed by atoms with Crippen molar-refractivity contribution in [3.05, 3.63) is 33.8 Å². The molecule has 0 saturated heterocycles. The summed E-state index contributed by atoms with van der Waals surface area (Å²) in [5, 5.41) is 1.21. The van der Waals surface area contributed by atoms with Gasteiger partial charge in [-0.2, -0.15) is 0 Å². The number of benzene rings is 1. The second kappa shape index (κ2) is 6.70. The van der Waals surface area contributed by atoms with Crippen LogP contribution < -0.4 is 0 Å². The van der Waals surface area contributed by atoms with Crippen LogP contribution in [-0.4, -0.2) is 10.1 Å². The molecule has 0 spiro atoms. The third kappa shape index (κ3) is 4.50. The van der Waals surface area contributed by atoms with Gasteiger partial charge in [-0.05, 0) is 48.7 Å². The Bertz CT molecular complexity index is 362. The molecular weight excluding hydrogens is 283 g/mol. The molecule has 0 N–H and O–H groups in total. The van der Waals surface area contributed by atoms with E-state index in [4.69, 9.17) is 40.2 Å². The fraction of sp³-hybridized carbons (Fsp3) is 0.364. The second-order valence-electron chi connectivity index (χ2n) is 3.15. The van der Waals surface area contributed by atoms with Gasteiger partial charge in [0.1, 0.15) is 6.10 Å². The monoisotopic (exact) mass is 294 g/mol. The molecule has 0 saturated carbocycles. The summed E-state index contributed by atoms with van der Waals surface area (Å²) in [6, 6.07) is 5.35. The molecule has 0 fully saturated rings. The number of rotatable bonds is 3. The van der Waals surface area contributed by atoms with Gasteiger partial charge in [0.05, 0.1) is 0 Å². The zero-order valence-corrected chi connectivity index (χ0v) is 12.1. The van der Waals surface area contributed by atoms with E-state index < -0.39 is 0 Å². The van der Waals surface area contributed by atoms with E-state index in [1.165, 1.54) is 11.8 Å². The van der Waals surface area contributed by atoms with Crippen molar-refractivity contribution in [2.24, 2.45) is 0 Å². The van der Waals surface area contributed by atoms with Crippen LogP contribution in [0.5, 0.6) is 0 Å². The zero-order chi connectivity index (χ0) is 12.1. The number of hydrogen-bond acceptors (Lipinski definition) is 3. The minimum Gasteiger partial charge on any atom is -0.471 e. The minimum absolute atomic E-state index is 0.136. The maximum absolute atomic E-state index is 5.91. The number of thiocarbonyl (C=S) groups is 1.